The molecule has 0 radical (unpaired) electrons. The van der Waals surface area contributed by atoms with Crippen molar-refractivity contribution in [3.63, 3.8) is 0 Å². The number of methoxy groups -OCH3 is 1. The fourth-order valence-electron chi connectivity index (χ4n) is 4.53. The van der Waals surface area contributed by atoms with E-state index in [4.69, 9.17) is 14.6 Å². The number of nitro groups is 1. The standard InChI is InChI=1S/C28H33N3O8/c1-17-24(27(34)38-3)26(20-5-4-6-22(15-20)31(36)37)25(18(2)30-17)28(35)39-14-12-19-7-9-21(10-8-19)29-13-11-23(33)16-32/h4-10,15,23-24,26,29,32-33H,11-14,16H2,1-3H3. The number of allylic oxidation sites excluding steroid dienone is 1. The number of ether oxygens (including phenoxy) is 2. The van der Waals surface area contributed by atoms with Gasteiger partial charge in [-0.3, -0.25) is 19.9 Å². The van der Waals surface area contributed by atoms with E-state index in [1.807, 2.05) is 24.3 Å². The minimum Gasteiger partial charge on any atom is -0.468 e. The highest BCUT2D eigenvalue weighted by Crippen LogP contribution is 2.40. The molecule has 3 rings (SSSR count). The fourth-order valence-corrected chi connectivity index (χ4v) is 4.53. The monoisotopic (exact) mass is 539 g/mol. The van der Waals surface area contributed by atoms with Crippen LogP contribution < -0.4 is 5.32 Å². The van der Waals surface area contributed by atoms with Gasteiger partial charge in [-0.05, 0) is 43.5 Å². The Morgan fingerprint density at radius 3 is 2.54 bits per heavy atom. The molecule has 1 heterocycles. The van der Waals surface area contributed by atoms with E-state index in [-0.39, 0.29) is 24.5 Å². The smallest absolute Gasteiger partial charge is 0.336 e. The zero-order valence-electron chi connectivity index (χ0n) is 22.1. The second kappa shape index (κ2) is 13.6. The Bertz CT molecular complexity index is 1260. The van der Waals surface area contributed by atoms with Gasteiger partial charge in [-0.2, -0.15) is 0 Å². The second-order valence-electron chi connectivity index (χ2n) is 9.22. The molecule has 2 aromatic carbocycles. The van der Waals surface area contributed by atoms with E-state index >= 15 is 0 Å². The molecule has 39 heavy (non-hydrogen) atoms. The summed E-state index contributed by atoms with van der Waals surface area (Å²) >= 11 is 0. The van der Waals surface area contributed by atoms with Gasteiger partial charge in [0, 0.05) is 48.1 Å². The molecule has 0 bridgehead atoms. The van der Waals surface area contributed by atoms with Crippen molar-refractivity contribution in [3.8, 4) is 0 Å². The fraction of sp³-hybridized carbons (Fsp3) is 0.393. The van der Waals surface area contributed by atoms with Crippen LogP contribution >= 0.6 is 0 Å². The lowest BCUT2D eigenvalue weighted by molar-refractivity contribution is -0.384. The summed E-state index contributed by atoms with van der Waals surface area (Å²) in [5.41, 5.74) is 2.99. The summed E-state index contributed by atoms with van der Waals surface area (Å²) in [6.45, 7) is 3.59. The number of hydrogen-bond donors (Lipinski definition) is 3. The van der Waals surface area contributed by atoms with E-state index in [9.17, 15) is 24.8 Å². The van der Waals surface area contributed by atoms with Gasteiger partial charge in [0.25, 0.3) is 5.69 Å². The van der Waals surface area contributed by atoms with Gasteiger partial charge in [0.15, 0.2) is 0 Å². The number of aliphatic hydroxyl groups excluding tert-OH is 2. The number of hydrogen-bond acceptors (Lipinski definition) is 10. The van der Waals surface area contributed by atoms with Crippen LogP contribution in [0, 0.1) is 16.0 Å². The van der Waals surface area contributed by atoms with Crippen molar-refractivity contribution < 1.29 is 34.2 Å². The number of aliphatic imine (C=N–C) groups is 1. The highest BCUT2D eigenvalue weighted by atomic mass is 16.6. The summed E-state index contributed by atoms with van der Waals surface area (Å²) in [7, 11) is 1.24. The molecule has 0 spiro atoms. The van der Waals surface area contributed by atoms with E-state index in [1.54, 1.807) is 19.9 Å². The predicted molar refractivity (Wildman–Crippen MR) is 144 cm³/mol. The van der Waals surface area contributed by atoms with Gasteiger partial charge in [-0.25, -0.2) is 4.79 Å². The number of nitrogens with zero attached hydrogens (tertiary/aromatic N) is 2. The van der Waals surface area contributed by atoms with Crippen molar-refractivity contribution in [1.82, 2.24) is 0 Å². The van der Waals surface area contributed by atoms with Gasteiger partial charge in [-0.15, -0.1) is 0 Å². The van der Waals surface area contributed by atoms with Gasteiger partial charge in [-0.1, -0.05) is 24.3 Å². The number of non-ortho nitro benzene ring substituents is 1. The molecular formula is C28H33N3O8. The van der Waals surface area contributed by atoms with E-state index < -0.39 is 34.8 Å². The van der Waals surface area contributed by atoms with Crippen LogP contribution in [0.25, 0.3) is 0 Å². The molecule has 2 aromatic rings. The number of carbonyl (C=O) groups excluding carboxylic acids is 2. The molecule has 11 heteroatoms. The second-order valence-corrected chi connectivity index (χ2v) is 9.22. The molecule has 3 N–H and O–H groups in total. The van der Waals surface area contributed by atoms with Crippen molar-refractivity contribution in [2.75, 3.05) is 32.2 Å². The third-order valence-corrected chi connectivity index (χ3v) is 6.54. The first-order chi connectivity index (χ1) is 18.7. The molecule has 0 saturated carbocycles. The summed E-state index contributed by atoms with van der Waals surface area (Å²) in [5, 5.41) is 32.9. The largest absolute Gasteiger partial charge is 0.468 e. The maximum Gasteiger partial charge on any atom is 0.336 e. The van der Waals surface area contributed by atoms with Crippen molar-refractivity contribution in [2.45, 2.75) is 38.7 Å². The van der Waals surface area contributed by atoms with Crippen LogP contribution in [-0.2, 0) is 25.5 Å². The molecule has 1 aliphatic heterocycles. The molecule has 0 aromatic heterocycles. The maximum absolute atomic E-state index is 13.3. The number of aliphatic hydroxyl groups is 2. The van der Waals surface area contributed by atoms with Gasteiger partial charge in [0.05, 0.1) is 36.9 Å². The predicted octanol–water partition coefficient (Wildman–Crippen LogP) is 3.16. The minimum absolute atomic E-state index is 0.0678. The zero-order valence-corrected chi connectivity index (χ0v) is 22.1. The maximum atomic E-state index is 13.3. The number of rotatable bonds is 12. The lowest BCUT2D eigenvalue weighted by Crippen LogP contribution is -2.36. The highest BCUT2D eigenvalue weighted by Gasteiger charge is 2.42. The van der Waals surface area contributed by atoms with E-state index in [2.05, 4.69) is 10.3 Å². The topological polar surface area (TPSA) is 161 Å². The van der Waals surface area contributed by atoms with E-state index in [0.29, 0.717) is 36.4 Å². The zero-order chi connectivity index (χ0) is 28.5. The van der Waals surface area contributed by atoms with Crippen LogP contribution in [0.2, 0.25) is 0 Å². The quantitative estimate of drug-likeness (QED) is 0.209. The van der Waals surface area contributed by atoms with Gasteiger partial charge < -0.3 is 25.0 Å². The summed E-state index contributed by atoms with van der Waals surface area (Å²) in [6, 6.07) is 13.3. The Labute approximate surface area is 226 Å². The molecular weight excluding hydrogens is 506 g/mol. The first-order valence-corrected chi connectivity index (χ1v) is 12.5. The van der Waals surface area contributed by atoms with Crippen LogP contribution in [0.5, 0.6) is 0 Å². The number of benzene rings is 2. The number of nitrogens with one attached hydrogen (secondary N) is 1. The van der Waals surface area contributed by atoms with E-state index in [0.717, 1.165) is 11.3 Å². The van der Waals surface area contributed by atoms with Crippen LogP contribution in [0.3, 0.4) is 0 Å². The Morgan fingerprint density at radius 2 is 1.90 bits per heavy atom. The third-order valence-electron chi connectivity index (χ3n) is 6.54. The lowest BCUT2D eigenvalue weighted by atomic mass is 9.75. The average molecular weight is 540 g/mol. The molecule has 0 fully saturated rings. The van der Waals surface area contributed by atoms with Crippen LogP contribution in [0.1, 0.15) is 37.3 Å². The molecule has 208 valence electrons. The molecule has 0 saturated heterocycles. The summed E-state index contributed by atoms with van der Waals surface area (Å²) in [4.78, 5) is 41.4. The van der Waals surface area contributed by atoms with Crippen molar-refractivity contribution >= 4 is 29.0 Å². The van der Waals surface area contributed by atoms with Crippen LogP contribution in [0.4, 0.5) is 11.4 Å². The van der Waals surface area contributed by atoms with Crippen LogP contribution in [0.15, 0.2) is 64.8 Å². The molecule has 3 unspecified atom stereocenters. The van der Waals surface area contributed by atoms with E-state index in [1.165, 1.54) is 25.3 Å². The average Bonchev–Trinajstić information content (AvgIpc) is 2.92. The van der Waals surface area contributed by atoms with Crippen molar-refractivity contribution in [2.24, 2.45) is 10.9 Å². The van der Waals surface area contributed by atoms with Crippen molar-refractivity contribution in [3.05, 3.63) is 81.0 Å². The normalized spacial score (nSPS) is 17.7. The molecule has 0 aliphatic carbocycles. The Kier molecular flexibility index (Phi) is 10.3. The SMILES string of the molecule is COC(=O)C1C(C)=NC(C)=C(C(=O)OCCc2ccc(NCCC(O)CO)cc2)C1c1cccc([N+](=O)[O-])c1. The Balaban J connectivity index is 1.75. The highest BCUT2D eigenvalue weighted by molar-refractivity contribution is 6.07. The first kappa shape index (κ1) is 29.5. The first-order valence-electron chi connectivity index (χ1n) is 12.5. The molecule has 3 atom stereocenters. The summed E-state index contributed by atoms with van der Waals surface area (Å²) in [5.74, 6) is -3.07. The number of nitro benzene ring substituents is 1. The number of esters is 2. The Morgan fingerprint density at radius 1 is 1.18 bits per heavy atom. The number of carbonyl (C=O) groups is 2. The lowest BCUT2D eigenvalue weighted by Gasteiger charge is -2.31. The Hall–Kier alpha value is -4.09. The van der Waals surface area contributed by atoms with Gasteiger partial charge in [0.1, 0.15) is 5.92 Å². The molecule has 0 amide bonds. The minimum atomic E-state index is -0.943. The van der Waals surface area contributed by atoms with Crippen molar-refractivity contribution in [1.29, 1.82) is 0 Å². The van der Waals surface area contributed by atoms with Crippen LogP contribution in [-0.4, -0.2) is 65.8 Å². The van der Waals surface area contributed by atoms with Gasteiger partial charge >= 0.3 is 11.9 Å². The molecule has 1 aliphatic rings. The van der Waals surface area contributed by atoms with Gasteiger partial charge in [0.2, 0.25) is 0 Å². The molecule has 11 nitrogen and oxygen atoms in total. The summed E-state index contributed by atoms with van der Waals surface area (Å²) in [6.07, 6.45) is 0.0935. The number of anilines is 1. The third kappa shape index (κ3) is 7.49. The summed E-state index contributed by atoms with van der Waals surface area (Å²) < 4.78 is 10.6.